The van der Waals surface area contributed by atoms with Gasteiger partial charge in [0.05, 0.1) is 0 Å². The molecule has 3 N–H and O–H groups in total. The molecule has 0 aliphatic carbocycles. The molecule has 2 aromatic rings. The minimum Gasteiger partial charge on any atom is -0.506 e. The van der Waals surface area contributed by atoms with Gasteiger partial charge in [0.1, 0.15) is 36.1 Å². The third-order valence-electron chi connectivity index (χ3n) is 2.45. The number of benzene rings is 2. The number of nitrogen functional groups attached to an aromatic ring is 1. The maximum absolute atomic E-state index is 9.42. The van der Waals surface area contributed by atoms with Gasteiger partial charge in [0, 0.05) is 4.47 Å². The van der Waals surface area contributed by atoms with Gasteiger partial charge in [0.25, 0.3) is 0 Å². The van der Waals surface area contributed by atoms with E-state index in [1.165, 1.54) is 6.07 Å². The van der Waals surface area contributed by atoms with E-state index in [0.29, 0.717) is 19.0 Å². The van der Waals surface area contributed by atoms with Crippen LogP contribution in [0, 0.1) is 0 Å². The molecule has 0 fully saturated rings. The van der Waals surface area contributed by atoms with Gasteiger partial charge in [-0.1, -0.05) is 28.1 Å². The molecule has 0 aliphatic heterocycles. The van der Waals surface area contributed by atoms with Crippen LogP contribution >= 0.6 is 15.9 Å². The van der Waals surface area contributed by atoms with Gasteiger partial charge in [-0.05, 0) is 30.3 Å². The predicted molar refractivity (Wildman–Crippen MR) is 77.7 cm³/mol. The van der Waals surface area contributed by atoms with E-state index in [0.717, 1.165) is 10.2 Å². The smallest absolute Gasteiger partial charge is 0.146 e. The van der Waals surface area contributed by atoms with Gasteiger partial charge in [0.15, 0.2) is 0 Å². The number of anilines is 1. The number of para-hydroxylation sites is 1. The summed E-state index contributed by atoms with van der Waals surface area (Å²) in [6.07, 6.45) is 0. The summed E-state index contributed by atoms with van der Waals surface area (Å²) in [5.41, 5.74) is 5.91. The van der Waals surface area contributed by atoms with E-state index in [1.54, 1.807) is 12.1 Å². The average Bonchev–Trinajstić information content (AvgIpc) is 2.39. The second kappa shape index (κ2) is 6.33. The number of hydrogen-bond donors (Lipinski definition) is 2. The van der Waals surface area contributed by atoms with Crippen molar-refractivity contribution in [2.45, 2.75) is 0 Å². The molecule has 0 aromatic heterocycles. The first-order valence-electron chi connectivity index (χ1n) is 5.75. The lowest BCUT2D eigenvalue weighted by Crippen LogP contribution is -2.09. The number of hydrogen-bond acceptors (Lipinski definition) is 4. The lowest BCUT2D eigenvalue weighted by atomic mass is 10.3. The Labute approximate surface area is 119 Å². The summed E-state index contributed by atoms with van der Waals surface area (Å²) >= 11 is 3.37. The summed E-state index contributed by atoms with van der Waals surface area (Å²) in [6, 6.07) is 12.5. The summed E-state index contributed by atoms with van der Waals surface area (Å²) in [5.74, 6) is 1.24. The van der Waals surface area contributed by atoms with Crippen LogP contribution < -0.4 is 15.2 Å². The molecule has 0 bridgehead atoms. The van der Waals surface area contributed by atoms with Gasteiger partial charge in [-0.25, -0.2) is 0 Å². The third-order valence-corrected chi connectivity index (χ3v) is 2.94. The molecule has 0 atom stereocenters. The number of ether oxygens (including phenoxy) is 2. The van der Waals surface area contributed by atoms with Crippen molar-refractivity contribution in [1.82, 2.24) is 0 Å². The Bertz CT molecular complexity index is 560. The number of phenolic OH excluding ortho intramolecular Hbond substituents is 1. The Morgan fingerprint density at radius 3 is 2.58 bits per heavy atom. The Hall–Kier alpha value is -1.88. The van der Waals surface area contributed by atoms with Crippen molar-refractivity contribution in [2.75, 3.05) is 18.9 Å². The monoisotopic (exact) mass is 323 g/mol. The molecule has 0 aliphatic rings. The zero-order valence-corrected chi connectivity index (χ0v) is 11.8. The standard InChI is InChI=1S/C14H14BrNO3/c15-10-3-1-4-11(9-10)18-7-8-19-13-6-2-5-12(17)14(13)16/h1-6,9,17H,7-8,16H2. The van der Waals surface area contributed by atoms with E-state index in [1.807, 2.05) is 24.3 Å². The molecular formula is C14H14BrNO3. The van der Waals surface area contributed by atoms with Crippen molar-refractivity contribution in [3.8, 4) is 17.2 Å². The van der Waals surface area contributed by atoms with Gasteiger partial charge in [-0.3, -0.25) is 0 Å². The van der Waals surface area contributed by atoms with Crippen molar-refractivity contribution in [2.24, 2.45) is 0 Å². The second-order valence-electron chi connectivity index (χ2n) is 3.84. The number of rotatable bonds is 5. The molecule has 2 aromatic carbocycles. The largest absolute Gasteiger partial charge is 0.506 e. The molecule has 0 amide bonds. The van der Waals surface area contributed by atoms with Crippen molar-refractivity contribution in [3.05, 3.63) is 46.9 Å². The quantitative estimate of drug-likeness (QED) is 0.504. The van der Waals surface area contributed by atoms with Crippen LogP contribution in [0.3, 0.4) is 0 Å². The van der Waals surface area contributed by atoms with Crippen molar-refractivity contribution >= 4 is 21.6 Å². The Morgan fingerprint density at radius 2 is 1.79 bits per heavy atom. The van der Waals surface area contributed by atoms with E-state index in [2.05, 4.69) is 15.9 Å². The molecule has 100 valence electrons. The fourth-order valence-electron chi connectivity index (χ4n) is 1.53. The normalized spacial score (nSPS) is 10.2. The molecule has 5 heteroatoms. The van der Waals surface area contributed by atoms with Crippen molar-refractivity contribution < 1.29 is 14.6 Å². The summed E-state index contributed by atoms with van der Waals surface area (Å²) < 4.78 is 11.9. The SMILES string of the molecule is Nc1c(O)cccc1OCCOc1cccc(Br)c1. The van der Waals surface area contributed by atoms with Crippen LogP contribution in [0.1, 0.15) is 0 Å². The van der Waals surface area contributed by atoms with Gasteiger partial charge >= 0.3 is 0 Å². The number of phenols is 1. The minimum absolute atomic E-state index is 0.0189. The third kappa shape index (κ3) is 3.79. The molecule has 19 heavy (non-hydrogen) atoms. The zero-order valence-electron chi connectivity index (χ0n) is 10.2. The van der Waals surface area contributed by atoms with E-state index in [4.69, 9.17) is 15.2 Å². The first-order valence-corrected chi connectivity index (χ1v) is 6.55. The summed E-state index contributed by atoms with van der Waals surface area (Å²) in [7, 11) is 0. The van der Waals surface area contributed by atoms with E-state index >= 15 is 0 Å². The van der Waals surface area contributed by atoms with Crippen LogP contribution in [0.2, 0.25) is 0 Å². The zero-order chi connectivity index (χ0) is 13.7. The molecule has 4 nitrogen and oxygen atoms in total. The maximum Gasteiger partial charge on any atom is 0.146 e. The van der Waals surface area contributed by atoms with E-state index in [9.17, 15) is 5.11 Å². The van der Waals surface area contributed by atoms with E-state index in [-0.39, 0.29) is 11.4 Å². The van der Waals surface area contributed by atoms with Crippen LogP contribution in [0.5, 0.6) is 17.2 Å². The van der Waals surface area contributed by atoms with Gasteiger partial charge < -0.3 is 20.3 Å². The topological polar surface area (TPSA) is 64.7 Å². The molecule has 0 heterocycles. The highest BCUT2D eigenvalue weighted by molar-refractivity contribution is 9.10. The summed E-state index contributed by atoms with van der Waals surface area (Å²) in [5, 5.41) is 9.42. The van der Waals surface area contributed by atoms with Crippen LogP contribution in [0.4, 0.5) is 5.69 Å². The minimum atomic E-state index is 0.0189. The fourth-order valence-corrected chi connectivity index (χ4v) is 1.90. The molecule has 0 unspecified atom stereocenters. The van der Waals surface area contributed by atoms with Gasteiger partial charge in [-0.15, -0.1) is 0 Å². The average molecular weight is 324 g/mol. The van der Waals surface area contributed by atoms with Crippen LogP contribution in [0.25, 0.3) is 0 Å². The molecule has 0 saturated carbocycles. The first-order chi connectivity index (χ1) is 9.16. The summed E-state index contributed by atoms with van der Waals surface area (Å²) in [6.45, 7) is 0.742. The lowest BCUT2D eigenvalue weighted by molar-refractivity contribution is 0.217. The van der Waals surface area contributed by atoms with Crippen LogP contribution in [0.15, 0.2) is 46.9 Å². The Kier molecular flexibility index (Phi) is 4.52. The predicted octanol–water partition coefficient (Wildman–Crippen LogP) is 3.19. The first kappa shape index (κ1) is 13.5. The van der Waals surface area contributed by atoms with Crippen LogP contribution in [-0.2, 0) is 0 Å². The molecule has 2 rings (SSSR count). The highest BCUT2D eigenvalue weighted by Crippen LogP contribution is 2.29. The Morgan fingerprint density at radius 1 is 1.05 bits per heavy atom. The molecular weight excluding hydrogens is 310 g/mol. The molecule has 0 radical (unpaired) electrons. The number of aromatic hydroxyl groups is 1. The van der Waals surface area contributed by atoms with Crippen molar-refractivity contribution in [3.63, 3.8) is 0 Å². The van der Waals surface area contributed by atoms with E-state index < -0.39 is 0 Å². The molecule has 0 spiro atoms. The fraction of sp³-hybridized carbons (Fsp3) is 0.143. The second-order valence-corrected chi connectivity index (χ2v) is 4.76. The highest BCUT2D eigenvalue weighted by atomic mass is 79.9. The summed E-state index contributed by atoms with van der Waals surface area (Å²) in [4.78, 5) is 0. The Balaban J connectivity index is 1.82. The maximum atomic E-state index is 9.42. The molecule has 0 saturated heterocycles. The lowest BCUT2D eigenvalue weighted by Gasteiger charge is -2.10. The van der Waals surface area contributed by atoms with Crippen molar-refractivity contribution in [1.29, 1.82) is 0 Å². The van der Waals surface area contributed by atoms with Gasteiger partial charge in [-0.2, -0.15) is 0 Å². The number of halogens is 1. The highest BCUT2D eigenvalue weighted by Gasteiger charge is 2.04. The van der Waals surface area contributed by atoms with Gasteiger partial charge in [0.2, 0.25) is 0 Å². The number of nitrogens with two attached hydrogens (primary N) is 1. The van der Waals surface area contributed by atoms with Crippen LogP contribution in [-0.4, -0.2) is 18.3 Å².